The number of carboxylic acids is 1. The maximum Gasteiger partial charge on any atom is 0.306 e. The lowest BCUT2D eigenvalue weighted by Crippen LogP contribution is -2.14. The number of nitrogens with zero attached hydrogens (tertiary/aromatic N) is 1. The topological polar surface area (TPSA) is 73.1 Å². The van der Waals surface area contributed by atoms with E-state index < -0.39 is 11.9 Å². The van der Waals surface area contributed by atoms with E-state index >= 15 is 0 Å². The van der Waals surface area contributed by atoms with Crippen molar-refractivity contribution in [3.05, 3.63) is 28.8 Å². The van der Waals surface area contributed by atoms with Gasteiger partial charge < -0.3 is 10.4 Å². The minimum Gasteiger partial charge on any atom is -0.481 e. The third kappa shape index (κ3) is 3.65. The number of hydrogen-bond donors (Lipinski definition) is 2. The molecule has 0 saturated carbocycles. The molecule has 5 heteroatoms. The molecular weight excluding hydrogens is 240 g/mol. The van der Waals surface area contributed by atoms with Crippen LogP contribution in [0.3, 0.4) is 0 Å². The van der Waals surface area contributed by atoms with Gasteiger partial charge in [-0.15, -0.1) is 0 Å². The summed E-state index contributed by atoms with van der Waals surface area (Å²) < 4.78 is 0. The third-order valence-electron chi connectivity index (χ3n) is 2.44. The van der Waals surface area contributed by atoms with Crippen molar-refractivity contribution in [3.63, 3.8) is 0 Å². The normalized spacial score (nSPS) is 11.6. The molecule has 0 saturated heterocycles. The number of nitrogens with one attached hydrogen (secondary N) is 1. The van der Waals surface area contributed by atoms with Gasteiger partial charge in [0.25, 0.3) is 0 Å². The van der Waals surface area contributed by atoms with Crippen LogP contribution in [0.4, 0.5) is 5.69 Å². The van der Waals surface area contributed by atoms with Gasteiger partial charge in [0.1, 0.15) is 6.07 Å². The van der Waals surface area contributed by atoms with E-state index in [0.717, 1.165) is 0 Å². The summed E-state index contributed by atoms with van der Waals surface area (Å²) in [6.07, 6.45) is 0.493. The predicted molar refractivity (Wildman–Crippen MR) is 66.1 cm³/mol. The molecule has 0 aliphatic rings. The first-order valence-electron chi connectivity index (χ1n) is 5.21. The highest BCUT2D eigenvalue weighted by Crippen LogP contribution is 2.23. The molecule has 4 nitrogen and oxygen atoms in total. The van der Waals surface area contributed by atoms with Crippen LogP contribution in [-0.2, 0) is 4.79 Å². The molecule has 1 rings (SSSR count). The average Bonchev–Trinajstić information content (AvgIpc) is 2.29. The van der Waals surface area contributed by atoms with Gasteiger partial charge in [-0.3, -0.25) is 4.79 Å². The molecule has 0 fully saturated rings. The van der Waals surface area contributed by atoms with Crippen molar-refractivity contribution in [2.45, 2.75) is 13.3 Å². The van der Waals surface area contributed by atoms with E-state index in [1.54, 1.807) is 25.1 Å². The molecule has 0 aliphatic heterocycles. The largest absolute Gasteiger partial charge is 0.481 e. The number of nitriles is 1. The maximum absolute atomic E-state index is 10.6. The van der Waals surface area contributed by atoms with Crippen molar-refractivity contribution >= 4 is 23.3 Å². The van der Waals surface area contributed by atoms with Gasteiger partial charge in [-0.1, -0.05) is 24.6 Å². The first kappa shape index (κ1) is 13.3. The zero-order valence-corrected chi connectivity index (χ0v) is 10.2. The number of benzene rings is 1. The van der Waals surface area contributed by atoms with E-state index in [9.17, 15) is 4.79 Å². The Hall–Kier alpha value is -1.73. The Kier molecular flexibility index (Phi) is 4.80. The van der Waals surface area contributed by atoms with Gasteiger partial charge in [0.2, 0.25) is 0 Å². The summed E-state index contributed by atoms with van der Waals surface area (Å²) in [5.41, 5.74) is 1.02. The molecule has 0 amide bonds. The minimum atomic E-state index is -0.821. The van der Waals surface area contributed by atoms with Crippen molar-refractivity contribution in [1.29, 1.82) is 5.26 Å². The number of carboxylic acid groups (broad SMARTS) is 1. The highest BCUT2D eigenvalue weighted by molar-refractivity contribution is 6.32. The first-order valence-corrected chi connectivity index (χ1v) is 5.59. The SMILES string of the molecule is CC(CCNc1cccc(Cl)c1C#N)C(=O)O. The molecule has 0 spiro atoms. The lowest BCUT2D eigenvalue weighted by molar-refractivity contribution is -0.141. The second-order valence-corrected chi connectivity index (χ2v) is 4.14. The van der Waals surface area contributed by atoms with Crippen LogP contribution in [0.2, 0.25) is 5.02 Å². The van der Waals surface area contributed by atoms with Crippen molar-refractivity contribution in [1.82, 2.24) is 0 Å². The Balaban J connectivity index is 2.62. The summed E-state index contributed by atoms with van der Waals surface area (Å²) in [7, 11) is 0. The van der Waals surface area contributed by atoms with Crippen LogP contribution in [0.1, 0.15) is 18.9 Å². The van der Waals surface area contributed by atoms with Gasteiger partial charge >= 0.3 is 5.97 Å². The second kappa shape index (κ2) is 6.12. The summed E-state index contributed by atoms with van der Waals surface area (Å²) >= 11 is 5.86. The van der Waals surface area contributed by atoms with E-state index in [0.29, 0.717) is 29.2 Å². The van der Waals surface area contributed by atoms with E-state index in [1.807, 2.05) is 6.07 Å². The van der Waals surface area contributed by atoms with Gasteiger partial charge in [-0.2, -0.15) is 5.26 Å². The first-order chi connectivity index (χ1) is 8.06. The molecule has 1 unspecified atom stereocenters. The maximum atomic E-state index is 10.6. The Bertz CT molecular complexity index is 454. The van der Waals surface area contributed by atoms with Crippen LogP contribution in [0.15, 0.2) is 18.2 Å². The molecule has 17 heavy (non-hydrogen) atoms. The molecule has 0 heterocycles. The molecule has 1 aromatic rings. The average molecular weight is 253 g/mol. The van der Waals surface area contributed by atoms with Gasteiger partial charge in [-0.05, 0) is 18.6 Å². The van der Waals surface area contributed by atoms with Gasteiger partial charge in [-0.25, -0.2) is 0 Å². The zero-order valence-electron chi connectivity index (χ0n) is 9.40. The molecule has 2 N–H and O–H groups in total. The Morgan fingerprint density at radius 3 is 2.94 bits per heavy atom. The zero-order chi connectivity index (χ0) is 12.8. The monoisotopic (exact) mass is 252 g/mol. The fraction of sp³-hybridized carbons (Fsp3) is 0.333. The number of anilines is 1. The molecule has 1 atom stereocenters. The molecule has 0 aromatic heterocycles. The fourth-order valence-corrected chi connectivity index (χ4v) is 1.55. The van der Waals surface area contributed by atoms with Crippen molar-refractivity contribution in [2.24, 2.45) is 5.92 Å². The molecular formula is C12H13ClN2O2. The van der Waals surface area contributed by atoms with Crippen LogP contribution in [0.5, 0.6) is 0 Å². The van der Waals surface area contributed by atoms with Gasteiger partial charge in [0.05, 0.1) is 22.2 Å². The Morgan fingerprint density at radius 2 is 2.35 bits per heavy atom. The standard InChI is InChI=1S/C12H13ClN2O2/c1-8(12(16)17)5-6-15-11-4-2-3-10(13)9(11)7-14/h2-4,8,15H,5-6H2,1H3,(H,16,17). The highest BCUT2D eigenvalue weighted by atomic mass is 35.5. The second-order valence-electron chi connectivity index (χ2n) is 3.73. The third-order valence-corrected chi connectivity index (χ3v) is 2.75. The summed E-state index contributed by atoms with van der Waals surface area (Å²) in [5, 5.41) is 21.1. The fourth-order valence-electron chi connectivity index (χ4n) is 1.33. The number of rotatable bonds is 5. The number of hydrogen-bond acceptors (Lipinski definition) is 3. The molecule has 0 radical (unpaired) electrons. The smallest absolute Gasteiger partial charge is 0.306 e. The molecule has 0 aliphatic carbocycles. The van der Waals surface area contributed by atoms with Crippen LogP contribution in [-0.4, -0.2) is 17.6 Å². The van der Waals surface area contributed by atoms with Crippen LogP contribution >= 0.6 is 11.6 Å². The molecule has 90 valence electrons. The minimum absolute atomic E-state index is 0.386. The predicted octanol–water partition coefficient (Wildman–Crippen LogP) is 2.73. The van der Waals surface area contributed by atoms with E-state index in [2.05, 4.69) is 5.32 Å². The Morgan fingerprint density at radius 1 is 1.65 bits per heavy atom. The van der Waals surface area contributed by atoms with Crippen molar-refractivity contribution in [3.8, 4) is 6.07 Å². The van der Waals surface area contributed by atoms with Crippen LogP contribution in [0.25, 0.3) is 0 Å². The van der Waals surface area contributed by atoms with Crippen molar-refractivity contribution in [2.75, 3.05) is 11.9 Å². The highest BCUT2D eigenvalue weighted by Gasteiger charge is 2.11. The lowest BCUT2D eigenvalue weighted by Gasteiger charge is -2.10. The quantitative estimate of drug-likeness (QED) is 0.845. The number of halogens is 1. The number of carbonyl (C=O) groups is 1. The van der Waals surface area contributed by atoms with Crippen LogP contribution < -0.4 is 5.32 Å². The summed E-state index contributed by atoms with van der Waals surface area (Å²) in [6, 6.07) is 7.15. The van der Waals surface area contributed by atoms with E-state index in [-0.39, 0.29) is 0 Å². The van der Waals surface area contributed by atoms with Crippen molar-refractivity contribution < 1.29 is 9.90 Å². The summed E-state index contributed by atoms with van der Waals surface area (Å²) in [5.74, 6) is -1.23. The summed E-state index contributed by atoms with van der Waals surface area (Å²) in [6.45, 7) is 2.13. The molecule has 0 bridgehead atoms. The van der Waals surface area contributed by atoms with Crippen LogP contribution in [0, 0.1) is 17.2 Å². The lowest BCUT2D eigenvalue weighted by atomic mass is 10.1. The van der Waals surface area contributed by atoms with E-state index in [1.165, 1.54) is 0 Å². The van der Waals surface area contributed by atoms with Gasteiger partial charge in [0.15, 0.2) is 0 Å². The number of aliphatic carboxylic acids is 1. The summed E-state index contributed by atoms with van der Waals surface area (Å²) in [4.78, 5) is 10.6. The molecule has 1 aromatic carbocycles. The van der Waals surface area contributed by atoms with Gasteiger partial charge in [0, 0.05) is 6.54 Å². The van der Waals surface area contributed by atoms with E-state index in [4.69, 9.17) is 22.0 Å². The Labute approximate surface area is 105 Å².